The van der Waals surface area contributed by atoms with Crippen molar-refractivity contribution < 1.29 is 38.7 Å². The molecule has 63 heavy (non-hydrogen) atoms. The van der Waals surface area contributed by atoms with Crippen LogP contribution in [0.4, 0.5) is 0 Å². The molecule has 0 saturated carbocycles. The van der Waals surface area contributed by atoms with Gasteiger partial charge in [0, 0.05) is 26.1 Å². The Bertz CT molecular complexity index is 1410. The van der Waals surface area contributed by atoms with Crippen LogP contribution in [-0.4, -0.2) is 122 Å². The van der Waals surface area contributed by atoms with Crippen LogP contribution in [0.5, 0.6) is 0 Å². The van der Waals surface area contributed by atoms with Gasteiger partial charge in [0.25, 0.3) is 0 Å². The third-order valence-electron chi connectivity index (χ3n) is 9.98. The molecular formula is C41H80N14O8. The summed E-state index contributed by atoms with van der Waals surface area (Å²) < 4.78 is 0. The van der Waals surface area contributed by atoms with E-state index in [9.17, 15) is 33.6 Å². The number of nitrogens with one attached hydrogen (secondary N) is 6. The Labute approximate surface area is 372 Å². The average molecular weight is 897 g/mol. The second kappa shape index (κ2) is 37.3. The summed E-state index contributed by atoms with van der Waals surface area (Å²) in [6, 6.07) is -4.68. The highest BCUT2D eigenvalue weighted by Gasteiger charge is 2.27. The zero-order valence-corrected chi connectivity index (χ0v) is 37.6. The van der Waals surface area contributed by atoms with Crippen molar-refractivity contribution in [2.75, 3.05) is 39.3 Å². The van der Waals surface area contributed by atoms with Crippen LogP contribution in [-0.2, 0) is 33.6 Å². The third-order valence-corrected chi connectivity index (χ3v) is 9.98. The molecular weight excluding hydrogens is 817 g/mol. The predicted molar refractivity (Wildman–Crippen MR) is 243 cm³/mol. The second-order valence-electron chi connectivity index (χ2n) is 15.7. The van der Waals surface area contributed by atoms with Gasteiger partial charge in [-0.3, -0.25) is 43.5 Å². The first kappa shape index (κ1) is 57.8. The molecule has 19 N–H and O–H groups in total. The molecule has 0 heterocycles. The van der Waals surface area contributed by atoms with E-state index in [1.54, 1.807) is 0 Å². The molecule has 0 bridgehead atoms. The summed E-state index contributed by atoms with van der Waals surface area (Å²) in [5, 5.41) is 24.2. The number of hydrogen-bond donors (Lipinski definition) is 13. The van der Waals surface area contributed by atoms with Gasteiger partial charge < -0.3 is 71.4 Å². The van der Waals surface area contributed by atoms with E-state index in [-0.39, 0.29) is 63.0 Å². The molecule has 22 nitrogen and oxygen atoms in total. The minimum atomic E-state index is -1.25. The predicted octanol–water partition coefficient (Wildman–Crippen LogP) is -1.65. The van der Waals surface area contributed by atoms with Crippen molar-refractivity contribution in [2.45, 2.75) is 166 Å². The molecule has 0 fully saturated rings. The highest BCUT2D eigenvalue weighted by molar-refractivity contribution is 5.94. The van der Waals surface area contributed by atoms with E-state index in [0.29, 0.717) is 25.8 Å². The fourth-order valence-corrected chi connectivity index (χ4v) is 6.36. The molecule has 4 atom stereocenters. The third kappa shape index (κ3) is 33.0. The van der Waals surface area contributed by atoms with E-state index in [1.807, 2.05) is 0 Å². The fourth-order valence-electron chi connectivity index (χ4n) is 6.36. The van der Waals surface area contributed by atoms with E-state index < -0.39 is 79.3 Å². The summed E-state index contributed by atoms with van der Waals surface area (Å²) in [6.07, 6.45) is 18.2. The maximum atomic E-state index is 13.4. The van der Waals surface area contributed by atoms with Crippen molar-refractivity contribution in [3.8, 4) is 0 Å². The minimum absolute atomic E-state index is 0.0256. The monoisotopic (exact) mass is 897 g/mol. The molecule has 362 valence electrons. The number of primary amides is 1. The van der Waals surface area contributed by atoms with Gasteiger partial charge in [0.1, 0.15) is 24.2 Å². The van der Waals surface area contributed by atoms with Crippen LogP contribution in [0.2, 0.25) is 0 Å². The lowest BCUT2D eigenvalue weighted by atomic mass is 10.0. The number of rotatable bonds is 39. The summed E-state index contributed by atoms with van der Waals surface area (Å²) in [5.41, 5.74) is 32.6. The molecule has 0 saturated heterocycles. The molecule has 7 amide bonds. The number of carbonyl (C=O) groups is 7. The molecule has 0 aliphatic rings. The summed E-state index contributed by atoms with van der Waals surface area (Å²) in [6.45, 7) is 1.10. The molecule has 0 rings (SSSR count). The van der Waals surface area contributed by atoms with Gasteiger partial charge in [-0.25, -0.2) is 0 Å². The molecule has 0 aliphatic carbocycles. The van der Waals surface area contributed by atoms with Gasteiger partial charge in [-0.05, 0) is 51.4 Å². The number of guanidine groups is 2. The number of amides is 7. The fraction of sp³-hybridized carbons (Fsp3) is 0.780. The van der Waals surface area contributed by atoms with Gasteiger partial charge in [0.2, 0.25) is 41.4 Å². The summed E-state index contributed by atoms with van der Waals surface area (Å²) in [5.74, 6) is -4.93. The van der Waals surface area contributed by atoms with Crippen LogP contribution in [0.15, 0.2) is 9.98 Å². The number of aliphatic imine (C=N–C) groups is 2. The van der Waals surface area contributed by atoms with E-state index in [2.05, 4.69) is 48.8 Å². The Morgan fingerprint density at radius 2 is 0.937 bits per heavy atom. The summed E-state index contributed by atoms with van der Waals surface area (Å²) in [7, 11) is 0. The Morgan fingerprint density at radius 3 is 1.40 bits per heavy atom. The van der Waals surface area contributed by atoms with Gasteiger partial charge in [0.15, 0.2) is 11.9 Å². The minimum Gasteiger partial charge on any atom is -0.394 e. The standard InChI is InChI=1S/C41H80N14O8/c1-2-3-4-5-6-7-8-9-10-11-12-13-14-22-33(57)48-23-16-15-19-30(36(43)60)55-39(63)32(21-18-25-50-41(46)47)54-35(59)27-52-38(62)31(20-17-24-49-40(44)45)53-34(58)26-51-37(61)29(42)28-56/h29-32,56H,2-28,42H2,1H3,(H2,43,60)(H,48,57)(H,51,61)(H,52,62)(H,53,58)(H,54,59)(H,55,63)(H4,44,45,49)(H4,46,47,50)/t29-,30-,31-,32-/m0/s1. The van der Waals surface area contributed by atoms with Crippen LogP contribution in [0, 0.1) is 0 Å². The average Bonchev–Trinajstić information content (AvgIpc) is 3.24. The zero-order chi connectivity index (χ0) is 47.3. The first-order valence-electron chi connectivity index (χ1n) is 22.6. The molecule has 0 unspecified atom stereocenters. The molecule has 0 aromatic heterocycles. The number of nitrogens with zero attached hydrogens (tertiary/aromatic N) is 2. The number of nitrogens with two attached hydrogens (primary N) is 6. The lowest BCUT2D eigenvalue weighted by molar-refractivity contribution is -0.133. The number of unbranched alkanes of at least 4 members (excludes halogenated alkanes) is 13. The van der Waals surface area contributed by atoms with E-state index in [4.69, 9.17) is 39.5 Å². The quantitative estimate of drug-likeness (QED) is 0.0187. The molecule has 0 spiro atoms. The van der Waals surface area contributed by atoms with Crippen LogP contribution in [0.3, 0.4) is 0 Å². The molecule has 0 aliphatic heterocycles. The van der Waals surface area contributed by atoms with Crippen molar-refractivity contribution in [2.24, 2.45) is 44.4 Å². The highest BCUT2D eigenvalue weighted by atomic mass is 16.3. The van der Waals surface area contributed by atoms with Crippen molar-refractivity contribution in [1.29, 1.82) is 0 Å². The van der Waals surface area contributed by atoms with Gasteiger partial charge in [-0.15, -0.1) is 0 Å². The maximum absolute atomic E-state index is 13.4. The van der Waals surface area contributed by atoms with Crippen LogP contribution < -0.4 is 66.3 Å². The largest absolute Gasteiger partial charge is 0.394 e. The van der Waals surface area contributed by atoms with E-state index in [0.717, 1.165) is 19.3 Å². The first-order valence-corrected chi connectivity index (χ1v) is 22.6. The summed E-state index contributed by atoms with van der Waals surface area (Å²) >= 11 is 0. The SMILES string of the molecule is CCCCCCCCCCCCCCCC(=O)NCCCC[C@H](NC(=O)[C@H](CCCN=C(N)N)NC(=O)CNC(=O)[C@H](CCCN=C(N)N)NC(=O)CNC(=O)[C@@H](N)CO)C(N)=O. The van der Waals surface area contributed by atoms with E-state index in [1.165, 1.54) is 64.2 Å². The number of carbonyl (C=O) groups excluding carboxylic acids is 7. The van der Waals surface area contributed by atoms with Crippen molar-refractivity contribution >= 4 is 53.3 Å². The van der Waals surface area contributed by atoms with Crippen molar-refractivity contribution in [1.82, 2.24) is 31.9 Å². The maximum Gasteiger partial charge on any atom is 0.243 e. The normalized spacial score (nSPS) is 12.7. The van der Waals surface area contributed by atoms with E-state index >= 15 is 0 Å². The highest BCUT2D eigenvalue weighted by Crippen LogP contribution is 2.13. The Hall–Kier alpha value is -5.25. The second-order valence-corrected chi connectivity index (χ2v) is 15.7. The lowest BCUT2D eigenvalue weighted by Crippen LogP contribution is -2.55. The Kier molecular flexibility index (Phi) is 34.2. The van der Waals surface area contributed by atoms with Crippen molar-refractivity contribution in [3.63, 3.8) is 0 Å². The Morgan fingerprint density at radius 1 is 0.492 bits per heavy atom. The molecule has 0 aromatic rings. The smallest absolute Gasteiger partial charge is 0.243 e. The van der Waals surface area contributed by atoms with Gasteiger partial charge in [-0.2, -0.15) is 0 Å². The lowest BCUT2D eigenvalue weighted by Gasteiger charge is -2.22. The number of aliphatic hydroxyl groups is 1. The van der Waals surface area contributed by atoms with Gasteiger partial charge in [0.05, 0.1) is 19.7 Å². The Balaban J connectivity index is 5.03. The van der Waals surface area contributed by atoms with Crippen LogP contribution in [0.25, 0.3) is 0 Å². The van der Waals surface area contributed by atoms with Crippen LogP contribution in [0.1, 0.15) is 142 Å². The van der Waals surface area contributed by atoms with Crippen LogP contribution >= 0.6 is 0 Å². The van der Waals surface area contributed by atoms with Crippen molar-refractivity contribution in [3.05, 3.63) is 0 Å². The first-order chi connectivity index (χ1) is 30.1. The van der Waals surface area contributed by atoms with Gasteiger partial charge >= 0.3 is 0 Å². The molecule has 0 aromatic carbocycles. The number of aliphatic hydroxyl groups excluding tert-OH is 1. The summed E-state index contributed by atoms with van der Waals surface area (Å²) in [4.78, 5) is 96.4. The molecule has 22 heteroatoms. The van der Waals surface area contributed by atoms with Gasteiger partial charge in [-0.1, -0.05) is 84.0 Å². The molecule has 0 radical (unpaired) electrons. The topological polar surface area (TPSA) is 393 Å². The number of hydrogen-bond acceptors (Lipinski definition) is 11. The zero-order valence-electron chi connectivity index (χ0n) is 37.6.